The van der Waals surface area contributed by atoms with E-state index in [9.17, 15) is 9.59 Å². The van der Waals surface area contributed by atoms with Gasteiger partial charge in [-0.1, -0.05) is 19.1 Å². The molecule has 1 aliphatic heterocycles. The first-order valence-corrected chi connectivity index (χ1v) is 5.71. The van der Waals surface area contributed by atoms with Gasteiger partial charge in [0.05, 0.1) is 12.5 Å². The highest BCUT2D eigenvalue weighted by atomic mass is 16.2. The zero-order valence-electron chi connectivity index (χ0n) is 10.2. The van der Waals surface area contributed by atoms with E-state index in [1.165, 1.54) is 4.90 Å². The highest BCUT2D eigenvalue weighted by Crippen LogP contribution is 2.17. The lowest BCUT2D eigenvalue weighted by atomic mass is 10.2. The van der Waals surface area contributed by atoms with Crippen molar-refractivity contribution in [2.75, 3.05) is 6.54 Å². The summed E-state index contributed by atoms with van der Waals surface area (Å²) in [4.78, 5) is 25.0. The Morgan fingerprint density at radius 3 is 2.75 bits per heavy atom. The molecule has 1 fully saturated rings. The number of carbonyl (C=O) groups excluding carboxylic acids is 2. The first kappa shape index (κ1) is 12.9. The van der Waals surface area contributed by atoms with Gasteiger partial charge in [0.1, 0.15) is 0 Å². The molecule has 0 spiro atoms. The average molecular weight is 224 g/mol. The van der Waals surface area contributed by atoms with Crippen molar-refractivity contribution in [1.82, 2.24) is 10.2 Å². The zero-order chi connectivity index (χ0) is 12.3. The van der Waals surface area contributed by atoms with Crippen LogP contribution < -0.4 is 5.32 Å². The molecule has 0 aliphatic carbocycles. The van der Waals surface area contributed by atoms with E-state index in [1.54, 1.807) is 0 Å². The lowest BCUT2D eigenvalue weighted by Gasteiger charge is -2.21. The second-order valence-electron chi connectivity index (χ2n) is 4.45. The fourth-order valence-electron chi connectivity index (χ4n) is 1.75. The summed E-state index contributed by atoms with van der Waals surface area (Å²) < 4.78 is 0. The summed E-state index contributed by atoms with van der Waals surface area (Å²) in [5.41, 5.74) is 0.960. The minimum atomic E-state index is -0.363. The van der Waals surface area contributed by atoms with Gasteiger partial charge < -0.3 is 5.32 Å². The van der Waals surface area contributed by atoms with Crippen molar-refractivity contribution in [1.29, 1.82) is 0 Å². The van der Waals surface area contributed by atoms with E-state index in [1.807, 2.05) is 20.8 Å². The van der Waals surface area contributed by atoms with Crippen LogP contribution in [0.3, 0.4) is 0 Å². The van der Waals surface area contributed by atoms with E-state index in [0.29, 0.717) is 6.54 Å². The summed E-state index contributed by atoms with van der Waals surface area (Å²) in [6.07, 6.45) is 1.07. The van der Waals surface area contributed by atoms with E-state index in [0.717, 1.165) is 12.0 Å². The highest BCUT2D eigenvalue weighted by molar-refractivity contribution is 6.05. The van der Waals surface area contributed by atoms with Crippen molar-refractivity contribution in [3.63, 3.8) is 0 Å². The second kappa shape index (κ2) is 5.25. The average Bonchev–Trinajstić information content (AvgIpc) is 2.50. The van der Waals surface area contributed by atoms with E-state index >= 15 is 0 Å². The van der Waals surface area contributed by atoms with Crippen LogP contribution in [0.25, 0.3) is 0 Å². The third kappa shape index (κ3) is 2.70. The lowest BCUT2D eigenvalue weighted by molar-refractivity contribution is -0.141. The molecular formula is C12H20N2O2. The Morgan fingerprint density at radius 2 is 2.25 bits per heavy atom. The Hall–Kier alpha value is -1.16. The molecule has 2 amide bonds. The molecular weight excluding hydrogens is 204 g/mol. The maximum absolute atomic E-state index is 11.9. The van der Waals surface area contributed by atoms with E-state index < -0.39 is 0 Å². The van der Waals surface area contributed by atoms with Gasteiger partial charge >= 0.3 is 0 Å². The lowest BCUT2D eigenvalue weighted by Crippen LogP contribution is -2.43. The van der Waals surface area contributed by atoms with Crippen molar-refractivity contribution < 1.29 is 9.59 Å². The van der Waals surface area contributed by atoms with Gasteiger partial charge in [0.2, 0.25) is 11.8 Å². The third-order valence-corrected chi connectivity index (χ3v) is 2.86. The van der Waals surface area contributed by atoms with Crippen LogP contribution in [0.4, 0.5) is 0 Å². The minimum Gasteiger partial charge on any atom is -0.302 e. The number of hydrogen-bond acceptors (Lipinski definition) is 3. The van der Waals surface area contributed by atoms with Gasteiger partial charge in [-0.15, -0.1) is 0 Å². The number of hydrogen-bond donors (Lipinski definition) is 1. The van der Waals surface area contributed by atoms with Crippen molar-refractivity contribution in [3.8, 4) is 0 Å². The van der Waals surface area contributed by atoms with E-state index in [4.69, 9.17) is 0 Å². The summed E-state index contributed by atoms with van der Waals surface area (Å²) >= 11 is 0. The molecule has 16 heavy (non-hydrogen) atoms. The van der Waals surface area contributed by atoms with Crippen LogP contribution in [0, 0.1) is 0 Å². The SMILES string of the molecule is C=C(C)CNC1CC(=O)N(C(C)CC)C1=O. The molecule has 90 valence electrons. The summed E-state index contributed by atoms with van der Waals surface area (Å²) in [6.45, 7) is 10.1. The van der Waals surface area contributed by atoms with Crippen molar-refractivity contribution in [2.24, 2.45) is 0 Å². The van der Waals surface area contributed by atoms with Crippen molar-refractivity contribution >= 4 is 11.8 Å². The normalized spacial score (nSPS) is 22.7. The van der Waals surface area contributed by atoms with Gasteiger partial charge in [-0.3, -0.25) is 14.5 Å². The molecule has 0 bridgehead atoms. The van der Waals surface area contributed by atoms with Crippen LogP contribution in [-0.4, -0.2) is 35.3 Å². The number of imide groups is 1. The van der Waals surface area contributed by atoms with E-state index in [2.05, 4.69) is 11.9 Å². The fourth-order valence-corrected chi connectivity index (χ4v) is 1.75. The summed E-state index contributed by atoms with van der Waals surface area (Å²) in [6, 6.07) is -0.366. The number of nitrogens with one attached hydrogen (secondary N) is 1. The van der Waals surface area contributed by atoms with Gasteiger partial charge in [0.25, 0.3) is 0 Å². The Kier molecular flexibility index (Phi) is 4.24. The molecule has 2 atom stereocenters. The molecule has 4 heteroatoms. The van der Waals surface area contributed by atoms with Gasteiger partial charge in [0, 0.05) is 12.6 Å². The van der Waals surface area contributed by atoms with Crippen molar-refractivity contribution in [2.45, 2.75) is 45.7 Å². The largest absolute Gasteiger partial charge is 0.302 e. The Morgan fingerprint density at radius 1 is 1.62 bits per heavy atom. The first-order valence-electron chi connectivity index (χ1n) is 5.71. The summed E-state index contributed by atoms with van der Waals surface area (Å²) in [7, 11) is 0. The molecule has 0 aromatic rings. The molecule has 1 saturated heterocycles. The topological polar surface area (TPSA) is 49.4 Å². The maximum atomic E-state index is 11.9. The zero-order valence-corrected chi connectivity index (χ0v) is 10.2. The van der Waals surface area contributed by atoms with Gasteiger partial charge in [-0.25, -0.2) is 0 Å². The van der Waals surface area contributed by atoms with Crippen LogP contribution in [0.5, 0.6) is 0 Å². The number of amides is 2. The van der Waals surface area contributed by atoms with Crippen LogP contribution in [0.2, 0.25) is 0 Å². The van der Waals surface area contributed by atoms with Gasteiger partial charge in [-0.05, 0) is 20.3 Å². The van der Waals surface area contributed by atoms with Gasteiger partial charge in [-0.2, -0.15) is 0 Å². The molecule has 2 unspecified atom stereocenters. The Balaban J connectivity index is 2.63. The minimum absolute atomic E-state index is 0.00312. The summed E-state index contributed by atoms with van der Waals surface area (Å²) in [5.74, 6) is -0.167. The number of nitrogens with zero attached hydrogens (tertiary/aromatic N) is 1. The Bertz CT molecular complexity index is 312. The molecule has 0 saturated carbocycles. The molecule has 0 aromatic carbocycles. The smallest absolute Gasteiger partial charge is 0.247 e. The predicted octanol–water partition coefficient (Wildman–Crippen LogP) is 1.08. The molecule has 1 heterocycles. The molecule has 1 N–H and O–H groups in total. The quantitative estimate of drug-likeness (QED) is 0.561. The van der Waals surface area contributed by atoms with Crippen LogP contribution >= 0.6 is 0 Å². The first-order chi connectivity index (χ1) is 7.47. The van der Waals surface area contributed by atoms with Crippen LogP contribution in [0.1, 0.15) is 33.6 Å². The number of carbonyl (C=O) groups is 2. The van der Waals surface area contributed by atoms with Crippen LogP contribution in [0.15, 0.2) is 12.2 Å². The maximum Gasteiger partial charge on any atom is 0.247 e. The Labute approximate surface area is 96.7 Å². The number of rotatable bonds is 5. The molecule has 1 rings (SSSR count). The summed E-state index contributed by atoms with van der Waals surface area (Å²) in [5, 5.41) is 3.06. The fraction of sp³-hybridized carbons (Fsp3) is 0.667. The highest BCUT2D eigenvalue weighted by Gasteiger charge is 2.40. The molecule has 0 radical (unpaired) electrons. The third-order valence-electron chi connectivity index (χ3n) is 2.86. The number of likely N-dealkylation sites (tertiary alicyclic amines) is 1. The van der Waals surface area contributed by atoms with Crippen molar-refractivity contribution in [3.05, 3.63) is 12.2 Å². The van der Waals surface area contributed by atoms with Crippen LogP contribution in [-0.2, 0) is 9.59 Å². The monoisotopic (exact) mass is 224 g/mol. The standard InChI is InChI=1S/C12H20N2O2/c1-5-9(4)14-11(15)6-10(12(14)16)13-7-8(2)3/h9-10,13H,2,5-7H2,1,3-4H3. The molecule has 4 nitrogen and oxygen atoms in total. The molecule has 1 aliphatic rings. The predicted molar refractivity (Wildman–Crippen MR) is 62.8 cm³/mol. The molecule has 0 aromatic heterocycles. The second-order valence-corrected chi connectivity index (χ2v) is 4.45. The van der Waals surface area contributed by atoms with Gasteiger partial charge in [0.15, 0.2) is 0 Å². The van der Waals surface area contributed by atoms with E-state index in [-0.39, 0.29) is 30.3 Å².